The molecule has 4 rings (SSSR count). The summed E-state index contributed by atoms with van der Waals surface area (Å²) in [7, 11) is 0. The number of benzene rings is 1. The summed E-state index contributed by atoms with van der Waals surface area (Å²) in [4.78, 5) is 28.2. The molecule has 1 fully saturated rings. The molecule has 0 N–H and O–H groups in total. The van der Waals surface area contributed by atoms with Crippen molar-refractivity contribution in [2.24, 2.45) is 0 Å². The number of rotatable bonds is 4. The van der Waals surface area contributed by atoms with Gasteiger partial charge in [0.15, 0.2) is 5.82 Å². The molecule has 0 bridgehead atoms. The molecule has 1 amide bonds. The van der Waals surface area contributed by atoms with Crippen LogP contribution in [0.2, 0.25) is 0 Å². The molecule has 3 aromatic rings. The van der Waals surface area contributed by atoms with Gasteiger partial charge in [0.1, 0.15) is 11.5 Å². The van der Waals surface area contributed by atoms with Gasteiger partial charge in [0.25, 0.3) is 5.91 Å². The second-order valence-electron chi connectivity index (χ2n) is 6.78. The molecule has 1 aromatic carbocycles. The highest BCUT2D eigenvalue weighted by Gasteiger charge is 2.22. The summed E-state index contributed by atoms with van der Waals surface area (Å²) in [6.45, 7) is 5.72. The number of aryl methyl sites for hydroxylation is 1. The number of hydrogen-bond donors (Lipinski definition) is 0. The Hall–Kier alpha value is -3.02. The van der Waals surface area contributed by atoms with Gasteiger partial charge in [-0.2, -0.15) is 0 Å². The number of imidazole rings is 1. The fourth-order valence-corrected chi connectivity index (χ4v) is 3.59. The number of amides is 1. The Morgan fingerprint density at radius 3 is 2.70 bits per heavy atom. The Kier molecular flexibility index (Phi) is 4.71. The van der Waals surface area contributed by atoms with E-state index in [0.717, 1.165) is 66.5 Å². The van der Waals surface area contributed by atoms with E-state index in [4.69, 9.17) is 0 Å². The van der Waals surface area contributed by atoms with E-state index < -0.39 is 0 Å². The van der Waals surface area contributed by atoms with Crippen molar-refractivity contribution in [3.05, 3.63) is 59.8 Å². The lowest BCUT2D eigenvalue weighted by Crippen LogP contribution is -2.28. The molecule has 3 heterocycles. The van der Waals surface area contributed by atoms with Gasteiger partial charge < -0.3 is 4.90 Å². The van der Waals surface area contributed by atoms with E-state index in [0.29, 0.717) is 0 Å². The van der Waals surface area contributed by atoms with Gasteiger partial charge in [-0.1, -0.05) is 13.0 Å². The lowest BCUT2D eigenvalue weighted by atomic mass is 10.1. The third-order valence-corrected chi connectivity index (χ3v) is 5.08. The van der Waals surface area contributed by atoms with Gasteiger partial charge in [0.05, 0.1) is 5.69 Å². The highest BCUT2D eigenvalue weighted by molar-refractivity contribution is 5.96. The minimum absolute atomic E-state index is 0.115. The van der Waals surface area contributed by atoms with Crippen LogP contribution in [0, 0.1) is 6.92 Å². The molecule has 0 radical (unpaired) electrons. The molecule has 1 saturated heterocycles. The molecule has 6 nitrogen and oxygen atoms in total. The average molecular weight is 361 g/mol. The van der Waals surface area contributed by atoms with Crippen LogP contribution in [-0.4, -0.2) is 43.4 Å². The second-order valence-corrected chi connectivity index (χ2v) is 6.78. The van der Waals surface area contributed by atoms with Crippen LogP contribution in [0.3, 0.4) is 0 Å². The Morgan fingerprint density at radius 1 is 1.11 bits per heavy atom. The summed E-state index contributed by atoms with van der Waals surface area (Å²) in [6.07, 6.45) is 8.38. The van der Waals surface area contributed by atoms with Gasteiger partial charge in [0.2, 0.25) is 0 Å². The topological polar surface area (TPSA) is 63.9 Å². The van der Waals surface area contributed by atoms with E-state index in [-0.39, 0.29) is 5.91 Å². The van der Waals surface area contributed by atoms with Crippen molar-refractivity contribution >= 4 is 5.91 Å². The summed E-state index contributed by atoms with van der Waals surface area (Å²) in [6, 6.07) is 7.73. The third kappa shape index (κ3) is 3.23. The van der Waals surface area contributed by atoms with Crippen LogP contribution in [0.1, 0.15) is 41.5 Å². The SMILES string of the molecule is CCc1nccc(-c2nccn2-c2cccc(C(=O)N3CCCC3)c2C)n1. The number of carbonyl (C=O) groups is 1. The summed E-state index contributed by atoms with van der Waals surface area (Å²) < 4.78 is 2.00. The monoisotopic (exact) mass is 361 g/mol. The van der Waals surface area contributed by atoms with Crippen molar-refractivity contribution in [2.45, 2.75) is 33.1 Å². The van der Waals surface area contributed by atoms with Crippen molar-refractivity contribution in [2.75, 3.05) is 13.1 Å². The van der Waals surface area contributed by atoms with Crippen LogP contribution in [0.4, 0.5) is 0 Å². The van der Waals surface area contributed by atoms with Crippen LogP contribution in [0.5, 0.6) is 0 Å². The van der Waals surface area contributed by atoms with Crippen LogP contribution in [-0.2, 0) is 6.42 Å². The third-order valence-electron chi connectivity index (χ3n) is 5.08. The van der Waals surface area contributed by atoms with Crippen LogP contribution >= 0.6 is 0 Å². The molecule has 2 aromatic heterocycles. The normalized spacial score (nSPS) is 13.9. The number of carbonyl (C=O) groups excluding carboxylic acids is 1. The summed E-state index contributed by atoms with van der Waals surface area (Å²) in [5.41, 5.74) is 3.44. The predicted octanol–water partition coefficient (Wildman–Crippen LogP) is 3.44. The van der Waals surface area contributed by atoms with E-state index in [1.165, 1.54) is 0 Å². The Morgan fingerprint density at radius 2 is 1.93 bits per heavy atom. The molecule has 138 valence electrons. The quantitative estimate of drug-likeness (QED) is 0.714. The number of aromatic nitrogens is 4. The van der Waals surface area contributed by atoms with Crippen molar-refractivity contribution in [3.63, 3.8) is 0 Å². The van der Waals surface area contributed by atoms with Gasteiger partial charge in [-0.25, -0.2) is 15.0 Å². The van der Waals surface area contributed by atoms with Crippen LogP contribution in [0.25, 0.3) is 17.2 Å². The van der Waals surface area contributed by atoms with Gasteiger partial charge in [-0.3, -0.25) is 9.36 Å². The lowest BCUT2D eigenvalue weighted by molar-refractivity contribution is 0.0792. The molecule has 0 aliphatic carbocycles. The molecule has 0 saturated carbocycles. The van der Waals surface area contributed by atoms with Crippen molar-refractivity contribution in [3.8, 4) is 17.2 Å². The fraction of sp³-hybridized carbons (Fsp3) is 0.333. The maximum Gasteiger partial charge on any atom is 0.254 e. The number of hydrogen-bond acceptors (Lipinski definition) is 4. The minimum atomic E-state index is 0.115. The maximum absolute atomic E-state index is 12.9. The molecule has 0 atom stereocenters. The second kappa shape index (κ2) is 7.31. The molecular formula is C21H23N5O. The minimum Gasteiger partial charge on any atom is -0.339 e. The molecule has 0 spiro atoms. The summed E-state index contributed by atoms with van der Waals surface area (Å²) >= 11 is 0. The first-order valence-corrected chi connectivity index (χ1v) is 9.44. The predicted molar refractivity (Wildman–Crippen MR) is 104 cm³/mol. The van der Waals surface area contributed by atoms with Gasteiger partial charge in [-0.15, -0.1) is 0 Å². The summed E-state index contributed by atoms with van der Waals surface area (Å²) in [5, 5.41) is 0. The first kappa shape index (κ1) is 17.4. The fourth-order valence-electron chi connectivity index (χ4n) is 3.59. The van der Waals surface area contributed by atoms with E-state index in [1.807, 2.05) is 53.8 Å². The van der Waals surface area contributed by atoms with E-state index in [9.17, 15) is 4.79 Å². The first-order chi connectivity index (χ1) is 13.2. The zero-order chi connectivity index (χ0) is 18.8. The first-order valence-electron chi connectivity index (χ1n) is 9.44. The Bertz CT molecular complexity index is 972. The standard InChI is InChI=1S/C21H23N5O/c1-3-19-22-10-9-17(24-19)20-23-11-14-26(20)18-8-6-7-16(15(18)2)21(27)25-12-4-5-13-25/h6-11,14H,3-5,12-13H2,1-2H3. The molecule has 27 heavy (non-hydrogen) atoms. The summed E-state index contributed by atoms with van der Waals surface area (Å²) in [5.74, 6) is 1.65. The van der Waals surface area contributed by atoms with Gasteiger partial charge in [0, 0.05) is 43.7 Å². The van der Waals surface area contributed by atoms with Crippen molar-refractivity contribution in [1.82, 2.24) is 24.4 Å². The maximum atomic E-state index is 12.9. The lowest BCUT2D eigenvalue weighted by Gasteiger charge is -2.19. The Balaban J connectivity index is 1.76. The molecular weight excluding hydrogens is 338 g/mol. The van der Waals surface area contributed by atoms with Gasteiger partial charge >= 0.3 is 0 Å². The number of nitrogens with zero attached hydrogens (tertiary/aromatic N) is 5. The Labute approximate surface area is 158 Å². The zero-order valence-electron chi connectivity index (χ0n) is 15.7. The zero-order valence-corrected chi connectivity index (χ0v) is 15.7. The highest BCUT2D eigenvalue weighted by atomic mass is 16.2. The molecule has 0 unspecified atom stereocenters. The highest BCUT2D eigenvalue weighted by Crippen LogP contribution is 2.25. The molecule has 6 heteroatoms. The van der Waals surface area contributed by atoms with Crippen molar-refractivity contribution in [1.29, 1.82) is 0 Å². The van der Waals surface area contributed by atoms with Crippen LogP contribution < -0.4 is 0 Å². The molecule has 1 aliphatic rings. The van der Waals surface area contributed by atoms with E-state index >= 15 is 0 Å². The average Bonchev–Trinajstić information content (AvgIpc) is 3.40. The largest absolute Gasteiger partial charge is 0.339 e. The van der Waals surface area contributed by atoms with Crippen LogP contribution in [0.15, 0.2) is 42.9 Å². The molecule has 1 aliphatic heterocycles. The van der Waals surface area contributed by atoms with Gasteiger partial charge in [-0.05, 0) is 43.5 Å². The number of likely N-dealkylation sites (tertiary alicyclic amines) is 1. The van der Waals surface area contributed by atoms with E-state index in [2.05, 4.69) is 15.0 Å². The smallest absolute Gasteiger partial charge is 0.254 e. The van der Waals surface area contributed by atoms with Crippen molar-refractivity contribution < 1.29 is 4.79 Å². The van der Waals surface area contributed by atoms with E-state index in [1.54, 1.807) is 12.4 Å².